The van der Waals surface area contributed by atoms with Gasteiger partial charge in [0.15, 0.2) is 0 Å². The first kappa shape index (κ1) is 20.5. The first-order valence-electron chi connectivity index (χ1n) is 8.25. The van der Waals surface area contributed by atoms with E-state index < -0.39 is 10.0 Å². The summed E-state index contributed by atoms with van der Waals surface area (Å²) >= 11 is 1.76. The molecule has 2 aromatic carbocycles. The zero-order valence-corrected chi connectivity index (χ0v) is 16.9. The predicted molar refractivity (Wildman–Crippen MR) is 107 cm³/mol. The quantitative estimate of drug-likeness (QED) is 0.702. The maximum Gasteiger partial charge on any atom is 0.251 e. The van der Waals surface area contributed by atoms with Gasteiger partial charge < -0.3 is 5.32 Å². The Balaban J connectivity index is 1.78. The Morgan fingerprint density at radius 1 is 1.04 bits per heavy atom. The topological polar surface area (TPSA) is 66.5 Å². The molecular formula is C19H24N2O3S2. The summed E-state index contributed by atoms with van der Waals surface area (Å²) in [6.45, 7) is 2.63. The normalized spacial score (nSPS) is 11.5. The maximum atomic E-state index is 12.1. The minimum atomic E-state index is -3.47. The van der Waals surface area contributed by atoms with Crippen LogP contribution in [-0.2, 0) is 15.8 Å². The highest BCUT2D eigenvalue weighted by atomic mass is 32.2. The smallest absolute Gasteiger partial charge is 0.251 e. The van der Waals surface area contributed by atoms with Crippen LogP contribution in [0, 0.1) is 6.92 Å². The van der Waals surface area contributed by atoms with Crippen molar-refractivity contribution in [3.05, 3.63) is 65.2 Å². The number of rotatable bonds is 8. The Labute approximate surface area is 159 Å². The molecule has 5 nitrogen and oxygen atoms in total. The Hall–Kier alpha value is -1.83. The average molecular weight is 393 g/mol. The Kier molecular flexibility index (Phi) is 7.25. The molecule has 1 amide bonds. The first-order valence-corrected chi connectivity index (χ1v) is 10.8. The van der Waals surface area contributed by atoms with Crippen molar-refractivity contribution in [2.24, 2.45) is 0 Å². The zero-order chi connectivity index (χ0) is 19.2. The molecule has 2 aromatic rings. The molecule has 0 heterocycles. The van der Waals surface area contributed by atoms with E-state index in [4.69, 9.17) is 0 Å². The summed E-state index contributed by atoms with van der Waals surface area (Å²) in [6, 6.07) is 14.4. The zero-order valence-electron chi connectivity index (χ0n) is 15.2. The summed E-state index contributed by atoms with van der Waals surface area (Å²) in [6.07, 6.45) is 0. The molecule has 0 fully saturated rings. The van der Waals surface area contributed by atoms with Gasteiger partial charge in [-0.3, -0.25) is 4.79 Å². The third-order valence-corrected chi connectivity index (χ3v) is 6.68. The van der Waals surface area contributed by atoms with Gasteiger partial charge in [0, 0.05) is 37.7 Å². The van der Waals surface area contributed by atoms with Crippen molar-refractivity contribution in [2.45, 2.75) is 17.6 Å². The van der Waals surface area contributed by atoms with Gasteiger partial charge in [-0.15, -0.1) is 0 Å². The van der Waals surface area contributed by atoms with Crippen LogP contribution < -0.4 is 5.32 Å². The van der Waals surface area contributed by atoms with E-state index in [0.29, 0.717) is 12.1 Å². The van der Waals surface area contributed by atoms with Gasteiger partial charge in [-0.2, -0.15) is 11.8 Å². The molecule has 0 saturated heterocycles. The minimum absolute atomic E-state index is 0.174. The van der Waals surface area contributed by atoms with Gasteiger partial charge in [0.1, 0.15) is 0 Å². The van der Waals surface area contributed by atoms with Crippen molar-refractivity contribution in [3.63, 3.8) is 0 Å². The highest BCUT2D eigenvalue weighted by Crippen LogP contribution is 2.14. The van der Waals surface area contributed by atoms with E-state index in [-0.39, 0.29) is 10.8 Å². The molecule has 0 unspecified atom stereocenters. The molecule has 0 saturated carbocycles. The van der Waals surface area contributed by atoms with Gasteiger partial charge >= 0.3 is 0 Å². The number of sulfonamides is 1. The van der Waals surface area contributed by atoms with Crippen LogP contribution in [0.2, 0.25) is 0 Å². The van der Waals surface area contributed by atoms with E-state index in [1.807, 2.05) is 0 Å². The van der Waals surface area contributed by atoms with Crippen LogP contribution in [-0.4, -0.2) is 45.0 Å². The van der Waals surface area contributed by atoms with Crippen LogP contribution in [0.1, 0.15) is 21.5 Å². The molecule has 1 N–H and O–H groups in total. The van der Waals surface area contributed by atoms with Gasteiger partial charge in [0.25, 0.3) is 5.91 Å². The average Bonchev–Trinajstić information content (AvgIpc) is 2.62. The lowest BCUT2D eigenvalue weighted by Gasteiger charge is -2.11. The lowest BCUT2D eigenvalue weighted by molar-refractivity contribution is 0.0956. The van der Waals surface area contributed by atoms with Crippen LogP contribution in [0.3, 0.4) is 0 Å². The number of carbonyl (C=O) groups excluding carboxylic acids is 1. The molecule has 0 spiro atoms. The van der Waals surface area contributed by atoms with Crippen molar-refractivity contribution < 1.29 is 13.2 Å². The second kappa shape index (κ2) is 9.21. The molecule has 0 radical (unpaired) electrons. The fraction of sp³-hybridized carbons (Fsp3) is 0.316. The molecule has 2 rings (SSSR count). The molecule has 0 aliphatic carbocycles. The van der Waals surface area contributed by atoms with Crippen molar-refractivity contribution in [2.75, 3.05) is 26.4 Å². The number of benzene rings is 2. The second-order valence-corrected chi connectivity index (χ2v) is 9.36. The van der Waals surface area contributed by atoms with Gasteiger partial charge in [-0.05, 0) is 36.8 Å². The molecule has 0 atom stereocenters. The highest BCUT2D eigenvalue weighted by molar-refractivity contribution is 7.98. The second-order valence-electron chi connectivity index (χ2n) is 6.11. The lowest BCUT2D eigenvalue weighted by Crippen LogP contribution is -2.26. The van der Waals surface area contributed by atoms with Crippen molar-refractivity contribution >= 4 is 27.7 Å². The van der Waals surface area contributed by atoms with E-state index in [0.717, 1.165) is 15.8 Å². The number of thioether (sulfide) groups is 1. The van der Waals surface area contributed by atoms with Crippen molar-refractivity contribution in [3.8, 4) is 0 Å². The predicted octanol–water partition coefficient (Wildman–Crippen LogP) is 2.91. The van der Waals surface area contributed by atoms with E-state index >= 15 is 0 Å². The Morgan fingerprint density at radius 3 is 2.23 bits per heavy atom. The molecular weight excluding hydrogens is 368 g/mol. The Bertz CT molecular complexity index is 830. The number of amides is 1. The largest absolute Gasteiger partial charge is 0.351 e. The molecule has 0 bridgehead atoms. The number of nitrogens with one attached hydrogen (secondary N) is 1. The number of aryl methyl sites for hydroxylation is 1. The van der Waals surface area contributed by atoms with E-state index in [1.165, 1.54) is 49.5 Å². The molecule has 0 aromatic heterocycles. The van der Waals surface area contributed by atoms with Crippen LogP contribution in [0.5, 0.6) is 0 Å². The third-order valence-electron chi connectivity index (χ3n) is 3.82. The summed E-state index contributed by atoms with van der Waals surface area (Å²) in [5.74, 6) is 1.52. The summed E-state index contributed by atoms with van der Waals surface area (Å²) < 4.78 is 25.2. The number of nitrogens with zero attached hydrogens (tertiary/aromatic N) is 1. The summed E-state index contributed by atoms with van der Waals surface area (Å²) in [5, 5.41) is 2.86. The molecule has 140 valence electrons. The number of hydrogen-bond acceptors (Lipinski definition) is 4. The molecule has 0 aliphatic heterocycles. The fourth-order valence-electron chi connectivity index (χ4n) is 2.20. The number of carbonyl (C=O) groups is 1. The minimum Gasteiger partial charge on any atom is -0.351 e. The van der Waals surface area contributed by atoms with E-state index in [2.05, 4.69) is 36.5 Å². The first-order chi connectivity index (χ1) is 12.3. The standard InChI is InChI=1S/C19H24N2O3S2/c1-15-4-6-16(7-5-15)14-25-13-12-20-19(22)17-8-10-18(11-9-17)26(23,24)21(2)3/h4-11H,12-14H2,1-3H3,(H,20,22). The summed E-state index contributed by atoms with van der Waals surface area (Å²) in [7, 11) is -0.522. The van der Waals surface area contributed by atoms with Gasteiger partial charge in [0.2, 0.25) is 10.0 Å². The van der Waals surface area contributed by atoms with E-state index in [1.54, 1.807) is 11.8 Å². The Morgan fingerprint density at radius 2 is 1.65 bits per heavy atom. The number of hydrogen-bond donors (Lipinski definition) is 1. The fourth-order valence-corrected chi connectivity index (χ4v) is 3.92. The maximum absolute atomic E-state index is 12.1. The van der Waals surface area contributed by atoms with Gasteiger partial charge in [0.05, 0.1) is 4.90 Å². The third kappa shape index (κ3) is 5.59. The van der Waals surface area contributed by atoms with Crippen LogP contribution in [0.4, 0.5) is 0 Å². The van der Waals surface area contributed by atoms with Gasteiger partial charge in [-0.25, -0.2) is 12.7 Å². The van der Waals surface area contributed by atoms with Crippen LogP contribution in [0.15, 0.2) is 53.4 Å². The molecule has 7 heteroatoms. The van der Waals surface area contributed by atoms with E-state index in [9.17, 15) is 13.2 Å². The van der Waals surface area contributed by atoms with Gasteiger partial charge in [-0.1, -0.05) is 29.8 Å². The van der Waals surface area contributed by atoms with Crippen molar-refractivity contribution in [1.82, 2.24) is 9.62 Å². The van der Waals surface area contributed by atoms with Crippen LogP contribution >= 0.6 is 11.8 Å². The van der Waals surface area contributed by atoms with Crippen LogP contribution in [0.25, 0.3) is 0 Å². The summed E-state index contributed by atoms with van der Waals surface area (Å²) in [4.78, 5) is 12.3. The molecule has 0 aliphatic rings. The SMILES string of the molecule is Cc1ccc(CSCCNC(=O)c2ccc(S(=O)(=O)N(C)C)cc2)cc1. The monoisotopic (exact) mass is 392 g/mol. The van der Waals surface area contributed by atoms with Crippen molar-refractivity contribution in [1.29, 1.82) is 0 Å². The summed E-state index contributed by atoms with van der Waals surface area (Å²) in [5.41, 5.74) is 2.96. The molecule has 26 heavy (non-hydrogen) atoms. The highest BCUT2D eigenvalue weighted by Gasteiger charge is 2.17. The lowest BCUT2D eigenvalue weighted by atomic mass is 10.2.